The Morgan fingerprint density at radius 2 is 2.00 bits per heavy atom. The van der Waals surface area contributed by atoms with E-state index in [1.165, 1.54) is 0 Å². The Morgan fingerprint density at radius 3 is 2.63 bits per heavy atom. The van der Waals surface area contributed by atoms with E-state index < -0.39 is 0 Å². The molecule has 100 valence electrons. The van der Waals surface area contributed by atoms with E-state index in [4.69, 9.17) is 11.5 Å². The molecule has 1 aromatic carbocycles. The molecule has 6 N–H and O–H groups in total. The average Bonchev–Trinajstić information content (AvgIpc) is 2.86. The third kappa shape index (κ3) is 3.74. The molecule has 2 rings (SSSR count). The van der Waals surface area contributed by atoms with Crippen molar-refractivity contribution in [1.82, 2.24) is 15.3 Å². The number of nitrogens with one attached hydrogen (secondary N) is 2. The number of aromatic nitrogens is 2. The van der Waals surface area contributed by atoms with Crippen LogP contribution in [0.1, 0.15) is 22.6 Å². The molecular weight excluding hydrogens is 242 g/mol. The number of aromatic amines is 1. The van der Waals surface area contributed by atoms with Gasteiger partial charge in [-0.05, 0) is 24.6 Å². The summed E-state index contributed by atoms with van der Waals surface area (Å²) in [5, 5.41) is 2.82. The van der Waals surface area contributed by atoms with Crippen LogP contribution >= 0.6 is 0 Å². The van der Waals surface area contributed by atoms with E-state index in [0.29, 0.717) is 23.5 Å². The maximum absolute atomic E-state index is 11.9. The second kappa shape index (κ2) is 5.90. The normalized spacial score (nSPS) is 10.3. The highest BCUT2D eigenvalue weighted by atomic mass is 16.1. The molecular formula is C13H17N5O. The summed E-state index contributed by atoms with van der Waals surface area (Å²) in [5.74, 6) is 0.751. The molecule has 1 aromatic heterocycles. The molecule has 0 aliphatic heterocycles. The molecule has 0 aliphatic carbocycles. The van der Waals surface area contributed by atoms with Crippen LogP contribution in [0.25, 0.3) is 0 Å². The summed E-state index contributed by atoms with van der Waals surface area (Å²) in [6.45, 7) is 0.578. The number of hydrogen-bond donors (Lipinski definition) is 4. The lowest BCUT2D eigenvalue weighted by atomic mass is 10.1. The summed E-state index contributed by atoms with van der Waals surface area (Å²) in [6, 6.07) is 4.84. The molecule has 6 heteroatoms. The molecule has 0 unspecified atom stereocenters. The summed E-state index contributed by atoms with van der Waals surface area (Å²) in [5.41, 5.74) is 12.7. The Balaban J connectivity index is 1.80. The van der Waals surface area contributed by atoms with Gasteiger partial charge in [0.2, 0.25) is 0 Å². The zero-order valence-corrected chi connectivity index (χ0v) is 10.5. The summed E-state index contributed by atoms with van der Waals surface area (Å²) in [6.07, 6.45) is 5.11. The largest absolute Gasteiger partial charge is 0.399 e. The lowest BCUT2D eigenvalue weighted by Crippen LogP contribution is -2.25. The Morgan fingerprint density at radius 1 is 1.26 bits per heavy atom. The van der Waals surface area contributed by atoms with Crippen LogP contribution in [-0.2, 0) is 6.42 Å². The van der Waals surface area contributed by atoms with Crippen molar-refractivity contribution >= 4 is 17.3 Å². The summed E-state index contributed by atoms with van der Waals surface area (Å²) < 4.78 is 0. The maximum atomic E-state index is 11.9. The van der Waals surface area contributed by atoms with Crippen LogP contribution in [0.15, 0.2) is 30.6 Å². The number of amides is 1. The van der Waals surface area contributed by atoms with Gasteiger partial charge < -0.3 is 21.8 Å². The quantitative estimate of drug-likeness (QED) is 0.473. The summed E-state index contributed by atoms with van der Waals surface area (Å²) in [7, 11) is 0. The molecule has 1 heterocycles. The van der Waals surface area contributed by atoms with Gasteiger partial charge in [-0.1, -0.05) is 0 Å². The van der Waals surface area contributed by atoms with Crippen molar-refractivity contribution in [1.29, 1.82) is 0 Å². The molecule has 19 heavy (non-hydrogen) atoms. The van der Waals surface area contributed by atoms with Gasteiger partial charge in [-0.2, -0.15) is 0 Å². The van der Waals surface area contributed by atoms with Crippen molar-refractivity contribution < 1.29 is 4.79 Å². The molecule has 2 aromatic rings. The number of hydrogen-bond acceptors (Lipinski definition) is 4. The Bertz CT molecular complexity index is 530. The smallest absolute Gasteiger partial charge is 0.251 e. The number of H-pyrrole nitrogens is 1. The van der Waals surface area contributed by atoms with E-state index in [0.717, 1.165) is 18.7 Å². The Kier molecular flexibility index (Phi) is 4.02. The minimum absolute atomic E-state index is 0.168. The van der Waals surface area contributed by atoms with E-state index in [9.17, 15) is 4.79 Å². The van der Waals surface area contributed by atoms with Crippen LogP contribution in [0.3, 0.4) is 0 Å². The first-order valence-electron chi connectivity index (χ1n) is 6.07. The minimum Gasteiger partial charge on any atom is -0.399 e. The van der Waals surface area contributed by atoms with Crippen LogP contribution in [0, 0.1) is 0 Å². The van der Waals surface area contributed by atoms with Crippen molar-refractivity contribution in [3.8, 4) is 0 Å². The Labute approximate surface area is 111 Å². The fourth-order valence-electron chi connectivity index (χ4n) is 1.80. The number of benzene rings is 1. The second-order valence-electron chi connectivity index (χ2n) is 4.28. The van der Waals surface area contributed by atoms with Crippen LogP contribution in [0.5, 0.6) is 0 Å². The molecule has 0 aliphatic rings. The van der Waals surface area contributed by atoms with Crippen LogP contribution in [0.2, 0.25) is 0 Å². The predicted molar refractivity (Wildman–Crippen MR) is 74.5 cm³/mol. The van der Waals surface area contributed by atoms with Gasteiger partial charge >= 0.3 is 0 Å². The number of anilines is 2. The average molecular weight is 259 g/mol. The number of nitrogen functional groups attached to an aromatic ring is 2. The SMILES string of the molecule is Nc1cc(N)cc(C(=O)NCCCc2ncc[nH]2)c1. The molecule has 0 atom stereocenters. The van der Waals surface area contributed by atoms with Gasteiger partial charge in [0, 0.05) is 42.3 Å². The van der Waals surface area contributed by atoms with E-state index in [2.05, 4.69) is 15.3 Å². The zero-order valence-electron chi connectivity index (χ0n) is 10.5. The van der Waals surface area contributed by atoms with E-state index in [1.807, 2.05) is 0 Å². The third-order valence-corrected chi connectivity index (χ3v) is 2.67. The first-order chi connectivity index (χ1) is 9.15. The lowest BCUT2D eigenvalue weighted by Gasteiger charge is -2.06. The van der Waals surface area contributed by atoms with Crippen molar-refractivity contribution in [3.05, 3.63) is 42.0 Å². The van der Waals surface area contributed by atoms with Crippen molar-refractivity contribution in [2.45, 2.75) is 12.8 Å². The molecule has 0 radical (unpaired) electrons. The molecule has 6 nitrogen and oxygen atoms in total. The van der Waals surface area contributed by atoms with Gasteiger partial charge in [-0.25, -0.2) is 4.98 Å². The number of nitrogens with two attached hydrogens (primary N) is 2. The van der Waals surface area contributed by atoms with Crippen molar-refractivity contribution in [3.63, 3.8) is 0 Å². The number of nitrogens with zero attached hydrogens (tertiary/aromatic N) is 1. The molecule has 0 bridgehead atoms. The standard InChI is InChI=1S/C13H17N5O/c14-10-6-9(7-11(15)8-10)13(19)18-3-1-2-12-16-4-5-17-12/h4-8H,1-3,14-15H2,(H,16,17)(H,18,19). The first kappa shape index (κ1) is 12.9. The highest BCUT2D eigenvalue weighted by molar-refractivity contribution is 5.96. The zero-order chi connectivity index (χ0) is 13.7. The highest BCUT2D eigenvalue weighted by Gasteiger charge is 2.06. The monoisotopic (exact) mass is 259 g/mol. The van der Waals surface area contributed by atoms with Crippen molar-refractivity contribution in [2.75, 3.05) is 18.0 Å². The fraction of sp³-hybridized carbons (Fsp3) is 0.231. The van der Waals surface area contributed by atoms with Gasteiger partial charge in [0.15, 0.2) is 0 Å². The van der Waals surface area contributed by atoms with Gasteiger partial charge in [-0.3, -0.25) is 4.79 Å². The summed E-state index contributed by atoms with van der Waals surface area (Å²) in [4.78, 5) is 19.0. The number of rotatable bonds is 5. The van der Waals surface area contributed by atoms with Gasteiger partial charge in [0.25, 0.3) is 5.91 Å². The number of aryl methyl sites for hydroxylation is 1. The Hall–Kier alpha value is -2.50. The number of carbonyl (C=O) groups excluding carboxylic acids is 1. The topological polar surface area (TPSA) is 110 Å². The highest BCUT2D eigenvalue weighted by Crippen LogP contribution is 2.13. The lowest BCUT2D eigenvalue weighted by molar-refractivity contribution is 0.0953. The number of carbonyl (C=O) groups is 1. The summed E-state index contributed by atoms with van der Waals surface area (Å²) >= 11 is 0. The first-order valence-corrected chi connectivity index (χ1v) is 6.07. The third-order valence-electron chi connectivity index (χ3n) is 2.67. The van der Waals surface area contributed by atoms with Crippen molar-refractivity contribution in [2.24, 2.45) is 0 Å². The minimum atomic E-state index is -0.168. The van der Waals surface area contributed by atoms with Gasteiger partial charge in [0.05, 0.1) is 0 Å². The van der Waals surface area contributed by atoms with Crippen LogP contribution in [0.4, 0.5) is 11.4 Å². The van der Waals surface area contributed by atoms with Gasteiger partial charge in [-0.15, -0.1) is 0 Å². The molecule has 1 amide bonds. The van der Waals surface area contributed by atoms with Gasteiger partial charge in [0.1, 0.15) is 5.82 Å². The molecule has 0 fully saturated rings. The molecule has 0 saturated heterocycles. The van der Waals surface area contributed by atoms with Crippen LogP contribution in [-0.4, -0.2) is 22.4 Å². The van der Waals surface area contributed by atoms with Crippen LogP contribution < -0.4 is 16.8 Å². The molecule has 0 saturated carbocycles. The van der Waals surface area contributed by atoms with E-state index in [1.54, 1.807) is 30.6 Å². The maximum Gasteiger partial charge on any atom is 0.251 e. The van der Waals surface area contributed by atoms with E-state index >= 15 is 0 Å². The number of imidazole rings is 1. The fourth-order valence-corrected chi connectivity index (χ4v) is 1.80. The molecule has 0 spiro atoms. The van der Waals surface area contributed by atoms with E-state index in [-0.39, 0.29) is 5.91 Å². The second-order valence-corrected chi connectivity index (χ2v) is 4.28. The predicted octanol–water partition coefficient (Wildman–Crippen LogP) is 0.937.